The van der Waals surface area contributed by atoms with Crippen LogP contribution in [0, 0.1) is 23.6 Å². The lowest BCUT2D eigenvalue weighted by molar-refractivity contribution is 0.144. The summed E-state index contributed by atoms with van der Waals surface area (Å²) in [5.74, 6) is 0.567. The van der Waals surface area contributed by atoms with Gasteiger partial charge in [-0.3, -0.25) is 14.2 Å². The summed E-state index contributed by atoms with van der Waals surface area (Å²) >= 11 is 1.21. The lowest BCUT2D eigenvalue weighted by Gasteiger charge is -2.31. The van der Waals surface area contributed by atoms with Crippen LogP contribution < -0.4 is 26.2 Å². The maximum atomic E-state index is 15.8. The van der Waals surface area contributed by atoms with Crippen molar-refractivity contribution in [3.05, 3.63) is 32.8 Å². The maximum absolute atomic E-state index is 15.8. The SMILES string of the molecule is CN=c1c2c(N3CC4C5CCC(N)(C5)C4C3)c(F)cc3c(=O)c(OC(=O)O)c4scc1n4c32. The van der Waals surface area contributed by atoms with E-state index in [0.717, 1.165) is 25.8 Å². The van der Waals surface area contributed by atoms with Crippen LogP contribution in [0.15, 0.2) is 21.2 Å². The number of hydrogen-bond acceptors (Lipinski definition) is 7. The van der Waals surface area contributed by atoms with Gasteiger partial charge >= 0.3 is 6.16 Å². The van der Waals surface area contributed by atoms with Crippen LogP contribution in [-0.4, -0.2) is 41.3 Å². The molecule has 4 heterocycles. The summed E-state index contributed by atoms with van der Waals surface area (Å²) in [6, 6.07) is 1.22. The van der Waals surface area contributed by atoms with E-state index in [1.807, 2.05) is 0 Å². The van der Waals surface area contributed by atoms with Crippen LogP contribution >= 0.6 is 11.3 Å². The van der Waals surface area contributed by atoms with Gasteiger partial charge in [-0.05, 0) is 43.1 Å². The number of halogens is 1. The molecule has 3 aliphatic rings. The molecule has 0 radical (unpaired) electrons. The minimum absolute atomic E-state index is 0.0908. The zero-order valence-corrected chi connectivity index (χ0v) is 18.6. The molecule has 4 unspecified atom stereocenters. The predicted octanol–water partition coefficient (Wildman–Crippen LogP) is 2.83. The van der Waals surface area contributed by atoms with E-state index < -0.39 is 17.4 Å². The van der Waals surface area contributed by atoms with E-state index in [0.29, 0.717) is 56.6 Å². The van der Waals surface area contributed by atoms with Gasteiger partial charge in [0.25, 0.3) is 0 Å². The monoisotopic (exact) mass is 468 g/mol. The molecule has 2 saturated carbocycles. The maximum Gasteiger partial charge on any atom is 0.511 e. The number of aromatic nitrogens is 1. The average molecular weight is 469 g/mol. The Balaban J connectivity index is 1.52. The Morgan fingerprint density at radius 1 is 1.42 bits per heavy atom. The van der Waals surface area contributed by atoms with E-state index >= 15 is 4.39 Å². The summed E-state index contributed by atoms with van der Waals surface area (Å²) in [7, 11) is 1.65. The summed E-state index contributed by atoms with van der Waals surface area (Å²) < 4.78 is 22.4. The van der Waals surface area contributed by atoms with Crippen LogP contribution in [0.4, 0.5) is 14.9 Å². The van der Waals surface area contributed by atoms with Crippen LogP contribution in [0.1, 0.15) is 19.3 Å². The van der Waals surface area contributed by atoms with Crippen molar-refractivity contribution in [1.29, 1.82) is 0 Å². The van der Waals surface area contributed by atoms with Crippen LogP contribution in [0.25, 0.3) is 26.6 Å². The summed E-state index contributed by atoms with van der Waals surface area (Å²) in [4.78, 5) is 31.4. The van der Waals surface area contributed by atoms with Gasteiger partial charge in [-0.25, -0.2) is 9.18 Å². The van der Waals surface area contributed by atoms with Crippen molar-refractivity contribution in [2.45, 2.75) is 24.8 Å². The molecular weight excluding hydrogens is 447 g/mol. The van der Waals surface area contributed by atoms with E-state index in [-0.39, 0.29) is 16.7 Å². The smallest absolute Gasteiger partial charge is 0.449 e. The van der Waals surface area contributed by atoms with Crippen LogP contribution in [-0.2, 0) is 0 Å². The molecule has 3 aromatic heterocycles. The van der Waals surface area contributed by atoms with Crippen molar-refractivity contribution in [2.24, 2.45) is 28.5 Å². The fourth-order valence-corrected chi connectivity index (χ4v) is 8.11. The number of pyridine rings is 1. The first-order valence-corrected chi connectivity index (χ1v) is 11.9. The van der Waals surface area contributed by atoms with Gasteiger partial charge < -0.3 is 20.5 Å². The summed E-state index contributed by atoms with van der Waals surface area (Å²) in [6.45, 7) is 1.43. The second kappa shape index (κ2) is 6.12. The molecule has 7 rings (SSSR count). The lowest BCUT2D eigenvalue weighted by atomic mass is 9.78. The van der Waals surface area contributed by atoms with E-state index in [4.69, 9.17) is 15.6 Å². The number of thiazole rings is 1. The van der Waals surface area contributed by atoms with Crippen molar-refractivity contribution in [3.63, 3.8) is 0 Å². The number of ether oxygens (including phenoxy) is 1. The standard InChI is InChI=1S/C23H21FN4O4S/c1-26-16-14-8-33-21-20(32-22(30)31)19(29)10-4-13(24)18(15(16)17(10)28(14)21)27-6-11-9-2-3-23(25,5-9)12(11)7-27/h4,8-9,11-12H,2-3,5-7,25H2,1H3,(H,30,31). The topological polar surface area (TPSA) is 110 Å². The zero-order chi connectivity index (χ0) is 22.8. The number of carbonyl (C=O) groups is 1. The Labute approximate surface area is 190 Å². The molecule has 10 heteroatoms. The number of hydrogen-bond donors (Lipinski definition) is 2. The van der Waals surface area contributed by atoms with Gasteiger partial charge in [-0.2, -0.15) is 0 Å². The van der Waals surface area contributed by atoms with E-state index in [2.05, 4.69) is 9.89 Å². The Hall–Kier alpha value is -2.98. The van der Waals surface area contributed by atoms with Crippen molar-refractivity contribution < 1.29 is 19.0 Å². The third kappa shape index (κ3) is 2.25. The molecule has 1 saturated heterocycles. The molecule has 2 bridgehead atoms. The Bertz CT molecular complexity index is 1610. The van der Waals surface area contributed by atoms with Gasteiger partial charge in [0.15, 0.2) is 0 Å². The van der Waals surface area contributed by atoms with Crippen molar-refractivity contribution in [3.8, 4) is 5.75 Å². The zero-order valence-electron chi connectivity index (χ0n) is 17.8. The van der Waals surface area contributed by atoms with Crippen molar-refractivity contribution in [1.82, 2.24) is 4.40 Å². The molecule has 0 amide bonds. The summed E-state index contributed by atoms with van der Waals surface area (Å²) in [5, 5.41) is 12.2. The minimum atomic E-state index is -1.59. The number of rotatable bonds is 2. The molecule has 0 spiro atoms. The van der Waals surface area contributed by atoms with Gasteiger partial charge in [0.05, 0.1) is 32.9 Å². The third-order valence-electron chi connectivity index (χ3n) is 8.36. The Morgan fingerprint density at radius 3 is 2.97 bits per heavy atom. The highest BCUT2D eigenvalue weighted by Crippen LogP contribution is 2.57. The Kier molecular flexibility index (Phi) is 3.61. The number of anilines is 1. The Morgan fingerprint density at radius 2 is 2.24 bits per heavy atom. The lowest BCUT2D eigenvalue weighted by Crippen LogP contribution is -2.45. The molecule has 4 aromatic rings. The minimum Gasteiger partial charge on any atom is -0.449 e. The summed E-state index contributed by atoms with van der Waals surface area (Å²) in [6.07, 6.45) is 1.64. The highest BCUT2D eigenvalue weighted by molar-refractivity contribution is 7.16. The first-order chi connectivity index (χ1) is 15.8. The van der Waals surface area contributed by atoms with Crippen molar-refractivity contribution in [2.75, 3.05) is 25.0 Å². The molecule has 1 aliphatic heterocycles. The van der Waals surface area contributed by atoms with Crippen molar-refractivity contribution >= 4 is 49.8 Å². The third-order valence-corrected chi connectivity index (χ3v) is 9.29. The van der Waals surface area contributed by atoms with Gasteiger partial charge in [-0.1, -0.05) is 0 Å². The second-order valence-corrected chi connectivity index (χ2v) is 10.6. The highest BCUT2D eigenvalue weighted by atomic mass is 32.1. The summed E-state index contributed by atoms with van der Waals surface area (Å²) in [5.41, 5.74) is 7.68. The molecular formula is C23H21FN4O4S. The molecule has 1 aromatic carbocycles. The largest absolute Gasteiger partial charge is 0.511 e. The highest BCUT2D eigenvalue weighted by Gasteiger charge is 2.59. The van der Waals surface area contributed by atoms with Crippen LogP contribution in [0.5, 0.6) is 5.75 Å². The van der Waals surface area contributed by atoms with Gasteiger partial charge in [0.2, 0.25) is 11.2 Å². The number of nitrogens with two attached hydrogens (primary N) is 1. The fraction of sp³-hybridized carbons (Fsp3) is 0.435. The molecule has 2 aliphatic carbocycles. The fourth-order valence-electron chi connectivity index (χ4n) is 7.13. The quantitative estimate of drug-likeness (QED) is 0.438. The molecule has 4 atom stereocenters. The molecule has 3 N–H and O–H groups in total. The van der Waals surface area contributed by atoms with Gasteiger partial charge in [0, 0.05) is 31.1 Å². The number of fused-ring (bicyclic) bond motifs is 5. The normalized spacial score (nSPS) is 29.4. The number of carboxylic acid groups (broad SMARTS) is 1. The van der Waals surface area contributed by atoms with Crippen LogP contribution in [0.3, 0.4) is 0 Å². The molecule has 8 nitrogen and oxygen atoms in total. The number of nitrogens with zero attached hydrogens (tertiary/aromatic N) is 3. The van der Waals surface area contributed by atoms with Gasteiger partial charge in [-0.15, -0.1) is 11.3 Å². The molecule has 170 valence electrons. The van der Waals surface area contributed by atoms with E-state index in [9.17, 15) is 9.59 Å². The first-order valence-electron chi connectivity index (χ1n) is 11.1. The van der Waals surface area contributed by atoms with E-state index in [1.165, 1.54) is 17.4 Å². The second-order valence-electron chi connectivity index (χ2n) is 9.75. The predicted molar refractivity (Wildman–Crippen MR) is 122 cm³/mol. The first kappa shape index (κ1) is 19.5. The molecule has 33 heavy (non-hydrogen) atoms. The molecule has 3 fully saturated rings. The van der Waals surface area contributed by atoms with Crippen LogP contribution in [0.2, 0.25) is 0 Å². The number of benzene rings is 1. The average Bonchev–Trinajstić information content (AvgIpc) is 3.54. The van der Waals surface area contributed by atoms with Gasteiger partial charge in [0.1, 0.15) is 10.6 Å². The van der Waals surface area contributed by atoms with E-state index in [1.54, 1.807) is 16.8 Å².